The van der Waals surface area contributed by atoms with Crippen molar-refractivity contribution in [3.63, 3.8) is 0 Å². The fourth-order valence-electron chi connectivity index (χ4n) is 2.63. The Labute approximate surface area is 83.1 Å². The summed E-state index contributed by atoms with van der Waals surface area (Å²) in [5.41, 5.74) is 0. The summed E-state index contributed by atoms with van der Waals surface area (Å²) in [6.45, 7) is 7.47. The monoisotopic (exact) mass is 191 g/mol. The molecule has 0 aromatic carbocycles. The van der Waals surface area contributed by atoms with Crippen molar-refractivity contribution >= 4 is 0 Å². The van der Waals surface area contributed by atoms with Crippen LogP contribution in [0.15, 0.2) is 0 Å². The lowest BCUT2D eigenvalue weighted by Gasteiger charge is -2.40. The molecule has 2 unspecified atom stereocenters. The lowest BCUT2D eigenvalue weighted by molar-refractivity contribution is -0.902. The number of hydrogen-bond donors (Lipinski definition) is 0. The first-order chi connectivity index (χ1) is 5.03. The van der Waals surface area contributed by atoms with Gasteiger partial charge in [-0.3, -0.25) is 0 Å². The van der Waals surface area contributed by atoms with Crippen LogP contribution in [0.5, 0.6) is 0 Å². The first-order valence-electron chi connectivity index (χ1n) is 4.85. The molecular formula is C10H22ClN. The van der Waals surface area contributed by atoms with Crippen molar-refractivity contribution in [3.8, 4) is 0 Å². The molecule has 0 amide bonds. The Bertz CT molecular complexity index is 134. The summed E-state index contributed by atoms with van der Waals surface area (Å²) < 4.78 is 1.24. The molecule has 0 N–H and O–H groups in total. The molecular weight excluding hydrogens is 170 g/mol. The number of piperidine rings is 1. The zero-order chi connectivity index (χ0) is 8.48. The van der Waals surface area contributed by atoms with E-state index >= 15 is 0 Å². The first kappa shape index (κ1) is 12.2. The molecule has 1 saturated heterocycles. The smallest absolute Gasteiger partial charge is 0.0811 e. The summed E-state index contributed by atoms with van der Waals surface area (Å²) in [4.78, 5) is 0. The van der Waals surface area contributed by atoms with Crippen LogP contribution in [0.4, 0.5) is 0 Å². The second-order valence-electron chi connectivity index (χ2n) is 4.92. The summed E-state index contributed by atoms with van der Waals surface area (Å²) in [5.74, 6) is 1.91. The van der Waals surface area contributed by atoms with Crippen LogP contribution in [0.1, 0.15) is 26.7 Å². The van der Waals surface area contributed by atoms with Crippen LogP contribution in [0.3, 0.4) is 0 Å². The van der Waals surface area contributed by atoms with Gasteiger partial charge in [-0.15, -0.1) is 0 Å². The van der Waals surface area contributed by atoms with Crippen LogP contribution in [0.25, 0.3) is 0 Å². The van der Waals surface area contributed by atoms with Crippen molar-refractivity contribution in [2.45, 2.75) is 26.7 Å². The van der Waals surface area contributed by atoms with Crippen LogP contribution in [-0.2, 0) is 0 Å². The van der Waals surface area contributed by atoms with E-state index in [1.807, 2.05) is 0 Å². The van der Waals surface area contributed by atoms with Crippen LogP contribution in [0, 0.1) is 11.8 Å². The van der Waals surface area contributed by atoms with E-state index in [0.717, 1.165) is 11.8 Å². The Morgan fingerprint density at radius 2 is 1.83 bits per heavy atom. The lowest BCUT2D eigenvalue weighted by Crippen LogP contribution is -3.00. The molecule has 0 aliphatic carbocycles. The molecule has 0 radical (unpaired) electrons. The number of likely N-dealkylation sites (tertiary alicyclic amines) is 1. The third-order valence-corrected chi connectivity index (χ3v) is 2.87. The SMILES string of the molecule is CCC1CC(C)C[N+](C)(C)C1.[Cl-]. The number of nitrogens with zero attached hydrogens (tertiary/aromatic N) is 1. The highest BCUT2D eigenvalue weighted by atomic mass is 35.5. The minimum absolute atomic E-state index is 0. The largest absolute Gasteiger partial charge is 1.00 e. The van der Waals surface area contributed by atoms with E-state index in [1.165, 1.54) is 30.4 Å². The molecule has 12 heavy (non-hydrogen) atoms. The van der Waals surface area contributed by atoms with Gasteiger partial charge in [0, 0.05) is 11.8 Å². The second kappa shape index (κ2) is 4.48. The summed E-state index contributed by atoms with van der Waals surface area (Å²) >= 11 is 0. The van der Waals surface area contributed by atoms with Gasteiger partial charge in [0.15, 0.2) is 0 Å². The standard InChI is InChI=1S/C10H22N.ClH/c1-5-10-6-9(2)7-11(3,4)8-10;/h9-10H,5-8H2,1-4H3;1H/q+1;/p-1. The van der Waals surface area contributed by atoms with Gasteiger partial charge in [0.1, 0.15) is 0 Å². The van der Waals surface area contributed by atoms with Gasteiger partial charge in [-0.05, 0) is 12.8 Å². The molecule has 0 aromatic heterocycles. The van der Waals surface area contributed by atoms with Crippen LogP contribution < -0.4 is 12.4 Å². The molecule has 1 fully saturated rings. The summed E-state index contributed by atoms with van der Waals surface area (Å²) in [6.07, 6.45) is 2.82. The van der Waals surface area contributed by atoms with Crippen molar-refractivity contribution < 1.29 is 16.9 Å². The average molecular weight is 192 g/mol. The Balaban J connectivity index is 0.00000121. The van der Waals surface area contributed by atoms with E-state index < -0.39 is 0 Å². The highest BCUT2D eigenvalue weighted by molar-refractivity contribution is 4.66. The molecule has 2 atom stereocenters. The van der Waals surface area contributed by atoms with Crippen molar-refractivity contribution in [1.29, 1.82) is 0 Å². The average Bonchev–Trinajstić information content (AvgIpc) is 1.83. The van der Waals surface area contributed by atoms with E-state index in [4.69, 9.17) is 0 Å². The number of rotatable bonds is 1. The number of quaternary nitrogens is 1. The predicted molar refractivity (Wildman–Crippen MR) is 49.4 cm³/mol. The van der Waals surface area contributed by atoms with Gasteiger partial charge in [-0.1, -0.05) is 13.8 Å². The van der Waals surface area contributed by atoms with Gasteiger partial charge in [0.2, 0.25) is 0 Å². The van der Waals surface area contributed by atoms with Gasteiger partial charge in [-0.25, -0.2) is 0 Å². The van der Waals surface area contributed by atoms with Gasteiger partial charge < -0.3 is 16.9 Å². The maximum atomic E-state index is 2.39. The highest BCUT2D eigenvalue weighted by Gasteiger charge is 2.30. The molecule has 2 heteroatoms. The van der Waals surface area contributed by atoms with Gasteiger partial charge in [0.25, 0.3) is 0 Å². The van der Waals surface area contributed by atoms with Crippen molar-refractivity contribution in [2.75, 3.05) is 27.2 Å². The molecule has 1 nitrogen and oxygen atoms in total. The predicted octanol–water partition coefficient (Wildman–Crippen LogP) is -0.867. The summed E-state index contributed by atoms with van der Waals surface area (Å²) in [5, 5.41) is 0. The molecule has 1 aliphatic heterocycles. The molecule has 0 bridgehead atoms. The lowest BCUT2D eigenvalue weighted by atomic mass is 9.88. The Kier molecular flexibility index (Phi) is 4.57. The molecule has 1 aliphatic rings. The van der Waals surface area contributed by atoms with Gasteiger partial charge in [-0.2, -0.15) is 0 Å². The third-order valence-electron chi connectivity index (χ3n) is 2.87. The quantitative estimate of drug-likeness (QED) is 0.473. The van der Waals surface area contributed by atoms with Crippen LogP contribution in [-0.4, -0.2) is 31.7 Å². The molecule has 1 heterocycles. The molecule has 0 saturated carbocycles. The summed E-state index contributed by atoms with van der Waals surface area (Å²) in [7, 11) is 4.72. The minimum atomic E-state index is 0. The molecule has 0 aromatic rings. The molecule has 1 rings (SSSR count). The Morgan fingerprint density at radius 1 is 1.25 bits per heavy atom. The molecule has 74 valence electrons. The fourth-order valence-corrected chi connectivity index (χ4v) is 2.63. The van der Waals surface area contributed by atoms with E-state index in [9.17, 15) is 0 Å². The molecule has 0 spiro atoms. The highest BCUT2D eigenvalue weighted by Crippen LogP contribution is 2.26. The van der Waals surface area contributed by atoms with Gasteiger partial charge >= 0.3 is 0 Å². The first-order valence-corrected chi connectivity index (χ1v) is 4.85. The third kappa shape index (κ3) is 3.32. The summed E-state index contributed by atoms with van der Waals surface area (Å²) in [6, 6.07) is 0. The topological polar surface area (TPSA) is 0 Å². The zero-order valence-electron chi connectivity index (χ0n) is 8.81. The maximum absolute atomic E-state index is 2.39. The van der Waals surface area contributed by atoms with Crippen LogP contribution >= 0.6 is 0 Å². The van der Waals surface area contributed by atoms with E-state index in [1.54, 1.807) is 0 Å². The zero-order valence-corrected chi connectivity index (χ0v) is 9.56. The minimum Gasteiger partial charge on any atom is -1.00 e. The van der Waals surface area contributed by atoms with Crippen molar-refractivity contribution in [1.82, 2.24) is 0 Å². The van der Waals surface area contributed by atoms with Crippen molar-refractivity contribution in [2.24, 2.45) is 11.8 Å². The number of hydrogen-bond acceptors (Lipinski definition) is 0. The van der Waals surface area contributed by atoms with Crippen molar-refractivity contribution in [3.05, 3.63) is 0 Å². The number of halogens is 1. The maximum Gasteiger partial charge on any atom is 0.0811 e. The normalized spacial score (nSPS) is 34.0. The Morgan fingerprint density at radius 3 is 2.25 bits per heavy atom. The van der Waals surface area contributed by atoms with E-state index in [0.29, 0.717) is 0 Å². The fraction of sp³-hybridized carbons (Fsp3) is 1.00. The van der Waals surface area contributed by atoms with E-state index in [2.05, 4.69) is 27.9 Å². The second-order valence-corrected chi connectivity index (χ2v) is 4.92. The van der Waals surface area contributed by atoms with Gasteiger partial charge in [0.05, 0.1) is 27.2 Å². The van der Waals surface area contributed by atoms with Crippen LogP contribution in [0.2, 0.25) is 0 Å². The Hall–Kier alpha value is 0.250. The van der Waals surface area contributed by atoms with E-state index in [-0.39, 0.29) is 12.4 Å².